The Balaban J connectivity index is 1.34. The first-order valence-electron chi connectivity index (χ1n) is 14.1. The fourth-order valence-corrected chi connectivity index (χ4v) is 6.08. The van der Waals surface area contributed by atoms with Crippen molar-refractivity contribution in [2.45, 2.75) is 50.2 Å². The van der Waals surface area contributed by atoms with Gasteiger partial charge in [-0.05, 0) is 48.6 Å². The molecule has 2 heterocycles. The zero-order chi connectivity index (χ0) is 29.9. The minimum absolute atomic E-state index is 0.0574. The molecule has 1 unspecified atom stereocenters. The van der Waals surface area contributed by atoms with Crippen LogP contribution in [0.4, 0.5) is 26.3 Å². The molecule has 10 heteroatoms. The molecule has 0 radical (unpaired) electrons. The van der Waals surface area contributed by atoms with E-state index in [0.29, 0.717) is 31.4 Å². The van der Waals surface area contributed by atoms with E-state index < -0.39 is 35.0 Å². The maximum absolute atomic E-state index is 13.6. The van der Waals surface area contributed by atoms with E-state index in [1.165, 1.54) is 10.5 Å². The van der Waals surface area contributed by atoms with E-state index in [1.54, 1.807) is 0 Å². The van der Waals surface area contributed by atoms with Gasteiger partial charge in [0, 0.05) is 56.9 Å². The number of nitrogens with zero attached hydrogens (tertiary/aromatic N) is 3. The third-order valence-corrected chi connectivity index (χ3v) is 8.27. The van der Waals surface area contributed by atoms with Crippen molar-refractivity contribution < 1.29 is 31.1 Å². The number of hydrogen-bond acceptors (Lipinski definition) is 3. The normalized spacial score (nSPS) is 21.0. The van der Waals surface area contributed by atoms with Gasteiger partial charge in [0.05, 0.1) is 11.1 Å². The van der Waals surface area contributed by atoms with Crippen LogP contribution in [0.1, 0.15) is 45.5 Å². The molecule has 0 aromatic heterocycles. The number of carbonyl (C=O) groups excluding carboxylic acids is 1. The highest BCUT2D eigenvalue weighted by molar-refractivity contribution is 5.95. The van der Waals surface area contributed by atoms with Gasteiger partial charge in [0.1, 0.15) is 0 Å². The van der Waals surface area contributed by atoms with Gasteiger partial charge in [-0.25, -0.2) is 0 Å². The fraction of sp³-hybridized carbons (Fsp3) is 0.406. The zero-order valence-electron chi connectivity index (χ0n) is 23.0. The SMILES string of the molecule is O=C(c1cc(C(F)(F)F)cc(C(F)(F)F)c1)N1CCC(N2CCN(Cc3ccccc3)CC2)C[C@H]1Cc1ccccc1. The molecule has 0 bridgehead atoms. The Labute approximate surface area is 241 Å². The standard InChI is InChI=1S/C32H33F6N3O/c33-31(34,35)26-18-25(19-27(20-26)32(36,37)38)30(42)41-12-11-28(21-29(41)17-23-7-3-1-4-8-23)40-15-13-39(14-16-40)22-24-9-5-2-6-10-24/h1-10,18-20,28-29H,11-17,21-22H2/t28?,29-/m1/s1. The lowest BCUT2D eigenvalue weighted by Crippen LogP contribution is -2.56. The lowest BCUT2D eigenvalue weighted by molar-refractivity contribution is -0.143. The Morgan fingerprint density at radius 2 is 1.26 bits per heavy atom. The Kier molecular flexibility index (Phi) is 8.94. The van der Waals surface area contributed by atoms with Crippen LogP contribution in [-0.4, -0.2) is 65.4 Å². The molecular formula is C32H33F6N3O. The smallest absolute Gasteiger partial charge is 0.335 e. The van der Waals surface area contributed by atoms with Crippen molar-refractivity contribution in [3.05, 3.63) is 107 Å². The summed E-state index contributed by atoms with van der Waals surface area (Å²) in [5.41, 5.74) is -1.35. The Morgan fingerprint density at radius 3 is 1.81 bits per heavy atom. The Bertz CT molecular complexity index is 1310. The van der Waals surface area contributed by atoms with Gasteiger partial charge < -0.3 is 4.90 Å². The molecule has 3 aromatic carbocycles. The van der Waals surface area contributed by atoms with Crippen molar-refractivity contribution in [1.82, 2.24) is 14.7 Å². The number of rotatable bonds is 6. The molecule has 0 spiro atoms. The van der Waals surface area contributed by atoms with E-state index in [1.807, 2.05) is 48.5 Å². The third kappa shape index (κ3) is 7.33. The first-order valence-corrected chi connectivity index (χ1v) is 14.1. The number of hydrogen-bond donors (Lipinski definition) is 0. The van der Waals surface area contributed by atoms with Crippen LogP contribution in [0.3, 0.4) is 0 Å². The number of piperazine rings is 1. The molecule has 0 aliphatic carbocycles. The predicted molar refractivity (Wildman–Crippen MR) is 148 cm³/mol. The maximum Gasteiger partial charge on any atom is 0.416 e. The van der Waals surface area contributed by atoms with Gasteiger partial charge in [0.25, 0.3) is 5.91 Å². The van der Waals surface area contributed by atoms with Crippen LogP contribution in [0.2, 0.25) is 0 Å². The highest BCUT2D eigenvalue weighted by Crippen LogP contribution is 2.37. The second-order valence-electron chi connectivity index (χ2n) is 11.1. The number of benzene rings is 3. The van der Waals surface area contributed by atoms with Gasteiger partial charge in [-0.2, -0.15) is 26.3 Å². The van der Waals surface area contributed by atoms with Crippen molar-refractivity contribution in [2.24, 2.45) is 0 Å². The molecule has 2 aliphatic heterocycles. The molecule has 0 N–H and O–H groups in total. The van der Waals surface area contributed by atoms with Crippen LogP contribution < -0.4 is 0 Å². The molecule has 42 heavy (non-hydrogen) atoms. The van der Waals surface area contributed by atoms with E-state index in [-0.39, 0.29) is 24.7 Å². The van der Waals surface area contributed by atoms with Crippen molar-refractivity contribution in [3.8, 4) is 0 Å². The fourth-order valence-electron chi connectivity index (χ4n) is 6.08. The minimum atomic E-state index is -5.02. The highest BCUT2D eigenvalue weighted by atomic mass is 19.4. The van der Waals surface area contributed by atoms with E-state index in [0.717, 1.165) is 38.3 Å². The summed E-state index contributed by atoms with van der Waals surface area (Å²) in [6, 6.07) is 20.6. The molecule has 1 amide bonds. The topological polar surface area (TPSA) is 26.8 Å². The van der Waals surface area contributed by atoms with Gasteiger partial charge in [0.2, 0.25) is 0 Å². The minimum Gasteiger partial charge on any atom is -0.335 e. The molecule has 4 nitrogen and oxygen atoms in total. The van der Waals surface area contributed by atoms with Crippen molar-refractivity contribution in [2.75, 3.05) is 32.7 Å². The lowest BCUT2D eigenvalue weighted by Gasteiger charge is -2.46. The predicted octanol–water partition coefficient (Wildman–Crippen LogP) is 6.76. The average molecular weight is 590 g/mol. The highest BCUT2D eigenvalue weighted by Gasteiger charge is 2.40. The Morgan fingerprint density at radius 1 is 0.714 bits per heavy atom. The molecular weight excluding hydrogens is 556 g/mol. The summed E-state index contributed by atoms with van der Waals surface area (Å²) in [5, 5.41) is 0. The summed E-state index contributed by atoms with van der Waals surface area (Å²) >= 11 is 0. The van der Waals surface area contributed by atoms with E-state index in [2.05, 4.69) is 21.9 Å². The van der Waals surface area contributed by atoms with Gasteiger partial charge in [-0.15, -0.1) is 0 Å². The van der Waals surface area contributed by atoms with Gasteiger partial charge >= 0.3 is 12.4 Å². The van der Waals surface area contributed by atoms with Crippen LogP contribution >= 0.6 is 0 Å². The first kappa shape index (κ1) is 30.1. The molecule has 2 saturated heterocycles. The first-order chi connectivity index (χ1) is 20.0. The zero-order valence-corrected chi connectivity index (χ0v) is 23.0. The van der Waals surface area contributed by atoms with Crippen molar-refractivity contribution in [3.63, 3.8) is 0 Å². The molecule has 3 aromatic rings. The summed E-state index contributed by atoms with van der Waals surface area (Å²) < 4.78 is 81.1. The van der Waals surface area contributed by atoms with Crippen molar-refractivity contribution in [1.29, 1.82) is 0 Å². The van der Waals surface area contributed by atoms with E-state index in [4.69, 9.17) is 0 Å². The maximum atomic E-state index is 13.6. The van der Waals surface area contributed by atoms with Crippen LogP contribution in [0.5, 0.6) is 0 Å². The summed E-state index contributed by atoms with van der Waals surface area (Å²) in [4.78, 5) is 19.9. The lowest BCUT2D eigenvalue weighted by atomic mass is 9.90. The summed E-state index contributed by atoms with van der Waals surface area (Å²) in [6.45, 7) is 4.61. The third-order valence-electron chi connectivity index (χ3n) is 8.27. The van der Waals surface area contributed by atoms with Crippen molar-refractivity contribution >= 4 is 5.91 Å². The molecule has 2 aliphatic rings. The van der Waals surface area contributed by atoms with E-state index >= 15 is 0 Å². The number of alkyl halides is 6. The summed E-state index contributed by atoms with van der Waals surface area (Å²) in [6.07, 6.45) is -8.39. The molecule has 5 rings (SSSR count). The van der Waals surface area contributed by atoms with Gasteiger partial charge in [-0.1, -0.05) is 60.7 Å². The summed E-state index contributed by atoms with van der Waals surface area (Å²) in [5.74, 6) is -0.807. The van der Waals surface area contributed by atoms with Gasteiger partial charge in [-0.3, -0.25) is 14.6 Å². The summed E-state index contributed by atoms with van der Waals surface area (Å²) in [7, 11) is 0. The Hall–Kier alpha value is -3.37. The second kappa shape index (κ2) is 12.5. The number of halogens is 6. The van der Waals surface area contributed by atoms with E-state index in [9.17, 15) is 31.1 Å². The number of piperidine rings is 1. The molecule has 224 valence electrons. The average Bonchev–Trinajstić information content (AvgIpc) is 2.97. The van der Waals surface area contributed by atoms with Gasteiger partial charge in [0.15, 0.2) is 0 Å². The largest absolute Gasteiger partial charge is 0.416 e. The number of amides is 1. The number of likely N-dealkylation sites (tertiary alicyclic amines) is 1. The molecule has 2 atom stereocenters. The number of carbonyl (C=O) groups is 1. The molecule has 0 saturated carbocycles. The second-order valence-corrected chi connectivity index (χ2v) is 11.1. The van der Waals surface area contributed by atoms with Crippen LogP contribution in [0.25, 0.3) is 0 Å². The van der Waals surface area contributed by atoms with Crippen LogP contribution in [0.15, 0.2) is 78.9 Å². The quantitative estimate of drug-likeness (QED) is 0.298. The van der Waals surface area contributed by atoms with Crippen LogP contribution in [-0.2, 0) is 25.3 Å². The monoisotopic (exact) mass is 589 g/mol. The molecule has 2 fully saturated rings. The van der Waals surface area contributed by atoms with Crippen LogP contribution in [0, 0.1) is 0 Å².